The molecule has 0 saturated heterocycles. The van der Waals surface area contributed by atoms with E-state index in [-0.39, 0.29) is 25.4 Å². The summed E-state index contributed by atoms with van der Waals surface area (Å²) in [5.41, 5.74) is 0. The van der Waals surface area contributed by atoms with Gasteiger partial charge in [0, 0.05) is 1.43 Å². The van der Waals surface area contributed by atoms with Crippen LogP contribution in [-0.2, 0) is 0 Å². The molecule has 0 bridgehead atoms. The number of hydrogen-bond donors (Lipinski definition) is 0. The Morgan fingerprint density at radius 3 is 0.636 bits per heavy atom. The summed E-state index contributed by atoms with van der Waals surface area (Å²) in [6, 6.07) is 0. The van der Waals surface area contributed by atoms with E-state index in [1.807, 2.05) is 27.7 Å². The van der Waals surface area contributed by atoms with E-state index < -0.39 is 0 Å². The second kappa shape index (κ2) is 136. The summed E-state index contributed by atoms with van der Waals surface area (Å²) in [6.45, 7) is 16.5. The van der Waals surface area contributed by atoms with E-state index in [0.717, 1.165) is 0 Å². The van der Waals surface area contributed by atoms with Crippen molar-refractivity contribution in [3.63, 3.8) is 0 Å². The van der Waals surface area contributed by atoms with Gasteiger partial charge in [0.1, 0.15) is 0 Å². The maximum atomic E-state index is 2.12. The van der Waals surface area contributed by atoms with Crippen LogP contribution < -0.4 is 0 Å². The van der Waals surface area contributed by atoms with Gasteiger partial charge in [-0.2, -0.15) is 0 Å². The van der Waals surface area contributed by atoms with Crippen LogP contribution >= 0.6 is 24.0 Å². The number of halogens is 1. The normalized spacial score (nSPS) is 4.36. The van der Waals surface area contributed by atoms with Crippen molar-refractivity contribution in [2.75, 3.05) is 0 Å². The third-order valence-corrected chi connectivity index (χ3v) is 0. The minimum Gasteiger partial charge on any atom is -0.107 e. The monoisotopic (exact) mass is 278 g/mol. The summed E-state index contributed by atoms with van der Waals surface area (Å²) in [7, 11) is 0. The largest absolute Gasteiger partial charge is 0.107 e. The molecule has 0 nitrogen and oxygen atoms in total. The Kier molecular flexibility index (Phi) is 369. The van der Waals surface area contributed by atoms with Gasteiger partial charge in [-0.25, -0.2) is 0 Å². The zero-order chi connectivity index (χ0) is 9.41. The van der Waals surface area contributed by atoms with Gasteiger partial charge in [-0.05, 0) is 0 Å². The smallest absolute Gasteiger partial charge is 0 e. The van der Waals surface area contributed by atoms with E-state index in [1.165, 1.54) is 12.8 Å². The molecule has 0 fully saturated rings. The molecule has 0 aromatic carbocycles. The Labute approximate surface area is 93.7 Å². The first-order valence-corrected chi connectivity index (χ1v) is 4.83. The van der Waals surface area contributed by atoms with Crippen molar-refractivity contribution >= 4 is 24.0 Å². The van der Waals surface area contributed by atoms with Crippen LogP contribution in [0, 0.1) is 0 Å². The second-order valence-electron chi connectivity index (χ2n) is 1.41. The molecule has 0 atom stereocenters. The van der Waals surface area contributed by atoms with Crippen molar-refractivity contribution < 1.29 is 1.43 Å². The molecule has 0 rings (SSSR count). The lowest BCUT2D eigenvalue weighted by Gasteiger charge is -1.48. The summed E-state index contributed by atoms with van der Waals surface area (Å²) >= 11 is 0. The lowest BCUT2D eigenvalue weighted by molar-refractivity contribution is 1.09. The van der Waals surface area contributed by atoms with Crippen LogP contribution in [0.2, 0.25) is 0 Å². The van der Waals surface area contributed by atoms with E-state index in [4.69, 9.17) is 0 Å². The van der Waals surface area contributed by atoms with Gasteiger partial charge in [0.2, 0.25) is 0 Å². The van der Waals surface area contributed by atoms with Crippen molar-refractivity contribution in [3.8, 4) is 0 Å². The van der Waals surface area contributed by atoms with E-state index >= 15 is 0 Å². The fourth-order valence-electron chi connectivity index (χ4n) is 0. The quantitative estimate of drug-likeness (QED) is 0.495. The van der Waals surface area contributed by atoms with Gasteiger partial charge in [0.05, 0.1) is 0 Å². The fourth-order valence-corrected chi connectivity index (χ4v) is 0. The van der Waals surface area contributed by atoms with Crippen LogP contribution in [-0.4, -0.2) is 0 Å². The predicted molar refractivity (Wildman–Crippen MR) is 72.2 cm³/mol. The Morgan fingerprint density at radius 2 is 0.636 bits per heavy atom. The highest BCUT2D eigenvalue weighted by molar-refractivity contribution is 14.0. The molecule has 0 aromatic rings. The average Bonchev–Trinajstić information content (AvgIpc) is 1.99. The van der Waals surface area contributed by atoms with Crippen LogP contribution in [0.3, 0.4) is 0 Å². The number of rotatable bonds is 0. The van der Waals surface area contributed by atoms with Crippen LogP contribution in [0.1, 0.15) is 69.7 Å². The third-order valence-electron chi connectivity index (χ3n) is 0. The Morgan fingerprint density at radius 1 is 0.636 bits per heavy atom. The first-order chi connectivity index (χ1) is 4.83. The highest BCUT2D eigenvalue weighted by Crippen LogP contribution is 1.56. The summed E-state index contributed by atoms with van der Waals surface area (Å²) in [5, 5.41) is 0. The molecule has 11 heavy (non-hydrogen) atoms. The molecule has 0 aliphatic carbocycles. The number of hydrogen-bond acceptors (Lipinski definition) is 0. The van der Waals surface area contributed by atoms with Crippen LogP contribution in [0.25, 0.3) is 0 Å². The van der Waals surface area contributed by atoms with E-state index in [1.54, 1.807) is 0 Å². The lowest BCUT2D eigenvalue weighted by atomic mass is 10.6. The van der Waals surface area contributed by atoms with Gasteiger partial charge in [-0.1, -0.05) is 68.2 Å². The fraction of sp³-hybridized carbons (Fsp3) is 1.00. The molecular formula is C10H31I. The molecule has 0 unspecified atom stereocenters. The van der Waals surface area contributed by atoms with Crippen molar-refractivity contribution in [1.29, 1.82) is 0 Å². The van der Waals surface area contributed by atoms with E-state index in [2.05, 4.69) is 27.7 Å². The maximum absolute atomic E-state index is 2.12. The first kappa shape index (κ1) is 29.8. The minimum atomic E-state index is 0. The highest BCUT2D eigenvalue weighted by atomic mass is 127. The molecule has 0 spiro atoms. The van der Waals surface area contributed by atoms with Gasteiger partial charge in [-0.3, -0.25) is 0 Å². The first-order valence-electron chi connectivity index (χ1n) is 4.83. The average molecular weight is 278 g/mol. The summed E-state index contributed by atoms with van der Waals surface area (Å²) < 4.78 is 0. The van der Waals surface area contributed by atoms with Crippen molar-refractivity contribution in [2.45, 2.75) is 68.2 Å². The molecule has 0 saturated carbocycles. The SMILES string of the molecule is CC.CC.CCC.CCC.I.[HH]. The minimum absolute atomic E-state index is 0. The molecule has 1 heteroatoms. The van der Waals surface area contributed by atoms with E-state index in [0.29, 0.717) is 0 Å². The van der Waals surface area contributed by atoms with Crippen molar-refractivity contribution in [3.05, 3.63) is 0 Å². The Balaban J connectivity index is -0.00000000967. The molecule has 0 radical (unpaired) electrons. The molecule has 0 amide bonds. The topological polar surface area (TPSA) is 0 Å². The van der Waals surface area contributed by atoms with Gasteiger partial charge in [-0.15, -0.1) is 24.0 Å². The summed E-state index contributed by atoms with van der Waals surface area (Å²) in [6.07, 6.45) is 2.50. The Bertz CT molecular complexity index is 11.8. The maximum Gasteiger partial charge on any atom is 0 e. The molecule has 78 valence electrons. The van der Waals surface area contributed by atoms with Crippen molar-refractivity contribution in [1.82, 2.24) is 0 Å². The molecule has 0 aliphatic rings. The molecule has 0 aliphatic heterocycles. The van der Waals surface area contributed by atoms with Crippen molar-refractivity contribution in [2.24, 2.45) is 0 Å². The molecule has 0 aromatic heterocycles. The van der Waals surface area contributed by atoms with Crippen LogP contribution in [0.4, 0.5) is 0 Å². The Hall–Kier alpha value is 0.730. The van der Waals surface area contributed by atoms with E-state index in [9.17, 15) is 0 Å². The molecule has 0 heterocycles. The molecule has 0 N–H and O–H groups in total. The highest BCUT2D eigenvalue weighted by Gasteiger charge is 1.36. The van der Waals surface area contributed by atoms with Crippen LogP contribution in [0.5, 0.6) is 0 Å². The van der Waals surface area contributed by atoms with Crippen LogP contribution in [0.15, 0.2) is 0 Å². The molecular weight excluding hydrogens is 247 g/mol. The second-order valence-corrected chi connectivity index (χ2v) is 1.41. The van der Waals surface area contributed by atoms with Gasteiger partial charge >= 0.3 is 0 Å². The predicted octanol–water partition coefficient (Wildman–Crippen LogP) is 5.75. The summed E-state index contributed by atoms with van der Waals surface area (Å²) in [4.78, 5) is 0. The van der Waals surface area contributed by atoms with Gasteiger partial charge in [0.25, 0.3) is 0 Å². The van der Waals surface area contributed by atoms with Gasteiger partial charge in [0.15, 0.2) is 0 Å². The standard InChI is InChI=1S/2C3H8.2C2H6.HI.H2/c2*1-3-2;2*1-2;;/h2*3H2,1-2H3;2*1-2H3;2*1H. The lowest BCUT2D eigenvalue weighted by Crippen LogP contribution is -1.27. The third kappa shape index (κ3) is 1530. The van der Waals surface area contributed by atoms with Gasteiger partial charge < -0.3 is 0 Å². The zero-order valence-corrected chi connectivity index (χ0v) is 12.2. The summed E-state index contributed by atoms with van der Waals surface area (Å²) in [5.74, 6) is 0. The zero-order valence-electron chi connectivity index (χ0n) is 9.82.